The van der Waals surface area contributed by atoms with Gasteiger partial charge in [-0.1, -0.05) is 46.4 Å². The first-order chi connectivity index (χ1) is 8.51. The summed E-state index contributed by atoms with van der Waals surface area (Å²) in [5, 5.41) is -0.131. The Morgan fingerprint density at radius 2 is 1.26 bits per heavy atom. The van der Waals surface area contributed by atoms with Crippen molar-refractivity contribution in [3.63, 3.8) is 0 Å². The quantitative estimate of drug-likeness (QED) is 0.487. The van der Waals surface area contributed by atoms with E-state index in [1.165, 1.54) is 0 Å². The summed E-state index contributed by atoms with van der Waals surface area (Å²) in [4.78, 5) is 5.50. The Morgan fingerprint density at radius 3 is 1.79 bits per heavy atom. The van der Waals surface area contributed by atoms with E-state index in [1.54, 1.807) is 0 Å². The molecule has 0 saturated heterocycles. The third-order valence-electron chi connectivity index (χ3n) is 3.93. The Kier molecular flexibility index (Phi) is 3.12. The second-order valence-electron chi connectivity index (χ2n) is 4.63. The molecule has 0 unspecified atom stereocenters. The smallest absolute Gasteiger partial charge is 0.189 e. The van der Waals surface area contributed by atoms with Crippen molar-refractivity contribution in [1.29, 1.82) is 0 Å². The molecule has 0 spiro atoms. The van der Waals surface area contributed by atoms with Crippen LogP contribution in [-0.4, -0.2) is 25.3 Å². The number of carbonyl (C=O) groups excluding carboxylic acids is 1. The molecule has 2 bridgehead atoms. The Labute approximate surface area is 148 Å². The van der Waals surface area contributed by atoms with Gasteiger partial charge in [-0.15, -0.1) is 46.4 Å². The van der Waals surface area contributed by atoms with Crippen LogP contribution in [-0.2, 0) is 4.79 Å². The normalized spacial score (nSPS) is 52.5. The zero-order valence-corrected chi connectivity index (χ0v) is 14.7. The maximum Gasteiger partial charge on any atom is 0.189 e. The molecule has 3 aliphatic carbocycles. The molecular weight excluding hydrogens is 420 g/mol. The van der Waals surface area contributed by atoms with Crippen LogP contribution in [0.2, 0.25) is 0 Å². The number of hydrogen-bond acceptors (Lipinski definition) is 1. The molecule has 19 heavy (non-hydrogen) atoms. The molecule has 0 aliphatic heterocycles. The molecule has 0 amide bonds. The van der Waals surface area contributed by atoms with Crippen molar-refractivity contribution in [3.8, 4) is 0 Å². The van der Waals surface area contributed by atoms with Gasteiger partial charge in [0.1, 0.15) is 9.75 Å². The Balaban J connectivity index is 2.46. The fourth-order valence-corrected chi connectivity index (χ4v) is 6.97. The predicted octanol–water partition coefficient (Wildman–Crippen LogP) is 5.28. The van der Waals surface area contributed by atoms with Crippen LogP contribution in [0.3, 0.4) is 0 Å². The van der Waals surface area contributed by atoms with Crippen LogP contribution < -0.4 is 0 Å². The van der Waals surface area contributed by atoms with E-state index in [9.17, 15) is 4.79 Å². The molecular formula is C10H2Cl8O. The van der Waals surface area contributed by atoms with Crippen molar-refractivity contribution in [2.45, 2.75) is 25.9 Å². The zero-order valence-electron chi connectivity index (χ0n) is 8.64. The van der Waals surface area contributed by atoms with Crippen molar-refractivity contribution in [1.82, 2.24) is 0 Å². The fourth-order valence-electron chi connectivity index (χ4n) is 2.96. The van der Waals surface area contributed by atoms with Gasteiger partial charge < -0.3 is 0 Å². The molecule has 0 heterocycles. The van der Waals surface area contributed by atoms with Crippen molar-refractivity contribution >= 4 is 98.6 Å². The lowest BCUT2D eigenvalue weighted by atomic mass is 9.82. The molecule has 104 valence electrons. The summed E-state index contributed by atoms with van der Waals surface area (Å²) in [6, 6.07) is 0. The summed E-state index contributed by atoms with van der Waals surface area (Å²) in [6.45, 7) is 0. The number of halogens is 8. The second kappa shape index (κ2) is 3.86. The number of fused-ring (bicyclic) bond motifs is 5. The fraction of sp³-hybridized carbons (Fsp3) is 0.500. The number of hydrogen-bond donors (Lipinski definition) is 0. The van der Waals surface area contributed by atoms with E-state index >= 15 is 0 Å². The molecule has 4 atom stereocenters. The van der Waals surface area contributed by atoms with E-state index in [4.69, 9.17) is 92.8 Å². The van der Waals surface area contributed by atoms with Gasteiger partial charge in [0.05, 0.1) is 15.1 Å². The minimum atomic E-state index is -1.91. The average molecular weight is 422 g/mol. The second-order valence-corrected chi connectivity index (χ2v) is 8.57. The molecule has 1 fully saturated rings. The van der Waals surface area contributed by atoms with E-state index in [0.29, 0.717) is 0 Å². The van der Waals surface area contributed by atoms with Gasteiger partial charge in [-0.25, -0.2) is 0 Å². The number of alkyl halides is 4. The maximum absolute atomic E-state index is 12.5. The van der Waals surface area contributed by atoms with E-state index in [-0.39, 0.29) is 26.5 Å². The van der Waals surface area contributed by atoms with Crippen LogP contribution in [0.25, 0.3) is 0 Å². The van der Waals surface area contributed by atoms with Gasteiger partial charge in [0, 0.05) is 11.5 Å². The summed E-state index contributed by atoms with van der Waals surface area (Å²) in [6.07, 6.45) is -0.0253. The summed E-state index contributed by atoms with van der Waals surface area (Å²) >= 11 is 50.1. The van der Waals surface area contributed by atoms with Gasteiger partial charge in [-0.2, -0.15) is 0 Å². The van der Waals surface area contributed by atoms with Gasteiger partial charge in [0.2, 0.25) is 0 Å². The van der Waals surface area contributed by atoms with Gasteiger partial charge >= 0.3 is 0 Å². The van der Waals surface area contributed by atoms with Crippen LogP contribution in [0.1, 0.15) is 6.42 Å². The minimum absolute atomic E-state index is 0.0253. The molecule has 1 saturated carbocycles. The number of allylic oxidation sites excluding steroid dienone is 4. The molecule has 0 radical (unpaired) electrons. The third-order valence-corrected chi connectivity index (χ3v) is 9.31. The summed E-state index contributed by atoms with van der Waals surface area (Å²) in [5.41, 5.74) is 0. The number of Topliss-reactive ketones (excluding diaryl/α,β-unsaturated/α-hetero) is 1. The van der Waals surface area contributed by atoms with Gasteiger partial charge in [-0.05, 0) is 0 Å². The molecule has 0 N–H and O–H groups in total. The van der Waals surface area contributed by atoms with Gasteiger partial charge in [0.25, 0.3) is 0 Å². The topological polar surface area (TPSA) is 17.1 Å². The van der Waals surface area contributed by atoms with Crippen LogP contribution in [0.4, 0.5) is 0 Å². The first-order valence-electron chi connectivity index (χ1n) is 4.92. The first-order valence-corrected chi connectivity index (χ1v) is 7.95. The van der Waals surface area contributed by atoms with Crippen molar-refractivity contribution in [3.05, 3.63) is 20.1 Å². The van der Waals surface area contributed by atoms with Crippen LogP contribution in [0.15, 0.2) is 20.1 Å². The Hall–Kier alpha value is 1.47. The molecule has 0 aromatic carbocycles. The first kappa shape index (κ1) is 15.4. The van der Waals surface area contributed by atoms with Crippen LogP contribution in [0, 0.1) is 0 Å². The van der Waals surface area contributed by atoms with Gasteiger partial charge in [0.15, 0.2) is 15.5 Å². The van der Waals surface area contributed by atoms with E-state index in [1.807, 2.05) is 0 Å². The average Bonchev–Trinajstić information content (AvgIpc) is 2.67. The van der Waals surface area contributed by atoms with Crippen molar-refractivity contribution in [2.75, 3.05) is 0 Å². The molecule has 3 rings (SSSR count). The van der Waals surface area contributed by atoms with E-state index in [2.05, 4.69) is 0 Å². The highest BCUT2D eigenvalue weighted by Gasteiger charge is 2.90. The van der Waals surface area contributed by atoms with Crippen LogP contribution >= 0.6 is 92.8 Å². The lowest BCUT2D eigenvalue weighted by Gasteiger charge is -2.44. The maximum atomic E-state index is 12.5. The van der Waals surface area contributed by atoms with E-state index < -0.39 is 25.3 Å². The lowest BCUT2D eigenvalue weighted by Crippen LogP contribution is -2.58. The molecule has 0 aromatic heterocycles. The van der Waals surface area contributed by atoms with Crippen molar-refractivity contribution < 1.29 is 4.79 Å². The lowest BCUT2D eigenvalue weighted by molar-refractivity contribution is -0.119. The summed E-state index contributed by atoms with van der Waals surface area (Å²) < 4.78 is 0. The van der Waals surface area contributed by atoms with Crippen molar-refractivity contribution in [2.24, 2.45) is 0 Å². The number of rotatable bonds is 0. The highest BCUT2D eigenvalue weighted by molar-refractivity contribution is 6.71. The summed E-state index contributed by atoms with van der Waals surface area (Å²) in [5.74, 6) is -0.675. The Bertz CT molecular complexity index is 611. The largest absolute Gasteiger partial charge is 0.295 e. The highest BCUT2D eigenvalue weighted by Crippen LogP contribution is 2.78. The van der Waals surface area contributed by atoms with E-state index in [0.717, 1.165) is 0 Å². The Morgan fingerprint density at radius 1 is 0.789 bits per heavy atom. The summed E-state index contributed by atoms with van der Waals surface area (Å²) in [7, 11) is 0. The molecule has 1 nitrogen and oxygen atoms in total. The van der Waals surface area contributed by atoms with Crippen LogP contribution in [0.5, 0.6) is 0 Å². The minimum Gasteiger partial charge on any atom is -0.295 e. The standard InChI is InChI=1S/C10H2Cl8O/c11-2-1-7(15)8(16)4(13)5(14)9(17,6(8)19)10(7,18)3(2)12/h1H2/t7-,8-,9-,10-/m0/s1. The monoisotopic (exact) mass is 418 g/mol. The van der Waals surface area contributed by atoms with Gasteiger partial charge in [-0.3, -0.25) is 4.79 Å². The molecule has 0 aromatic rings. The predicted molar refractivity (Wildman–Crippen MR) is 81.4 cm³/mol. The zero-order chi connectivity index (χ0) is 14.6. The number of ketones is 1. The highest BCUT2D eigenvalue weighted by atomic mass is 35.5. The third kappa shape index (κ3) is 1.16. The number of carbonyl (C=O) groups is 1. The SMILES string of the molecule is O=C1[C@@]2(Cl)C(Cl)=C(Cl)[C@@]1(Cl)[C@]1(Cl)C(Cl)=C(Cl)C[C@]21Cl. The molecule has 9 heteroatoms. The molecule has 3 aliphatic rings.